The summed E-state index contributed by atoms with van der Waals surface area (Å²) < 4.78 is 1.69. The number of carboxylic acid groups (broad SMARTS) is 1. The van der Waals surface area contributed by atoms with E-state index in [2.05, 4.69) is 12.0 Å². The normalized spacial score (nSPS) is 10.9. The maximum absolute atomic E-state index is 10.8. The van der Waals surface area contributed by atoms with Crippen LogP contribution in [0.25, 0.3) is 0 Å². The van der Waals surface area contributed by atoms with Crippen molar-refractivity contribution in [3.8, 4) is 0 Å². The van der Waals surface area contributed by atoms with Crippen molar-refractivity contribution in [3.05, 3.63) is 17.5 Å². The maximum atomic E-state index is 10.8. The molecule has 0 radical (unpaired) electrons. The topological polar surface area (TPSA) is 55.1 Å². The molecule has 1 heterocycles. The van der Waals surface area contributed by atoms with Crippen LogP contribution in [0.3, 0.4) is 0 Å². The minimum absolute atomic E-state index is 0.151. The molecule has 1 rings (SSSR count). The molecule has 114 valence electrons. The molecule has 0 spiro atoms. The maximum Gasteiger partial charge on any atom is 0.356 e. The minimum Gasteiger partial charge on any atom is -0.476 e. The van der Waals surface area contributed by atoms with E-state index in [4.69, 9.17) is 5.11 Å². The molecule has 0 fully saturated rings. The summed E-state index contributed by atoms with van der Waals surface area (Å²) in [5.41, 5.74) is 1.17. The first-order chi connectivity index (χ1) is 9.65. The fraction of sp³-hybridized carbons (Fsp3) is 0.750. The van der Waals surface area contributed by atoms with Crippen molar-refractivity contribution < 1.29 is 9.90 Å². The average Bonchev–Trinajstić information content (AvgIpc) is 2.79. The van der Waals surface area contributed by atoms with Gasteiger partial charge in [-0.25, -0.2) is 4.79 Å². The number of nitrogens with zero attached hydrogens (tertiary/aromatic N) is 2. The van der Waals surface area contributed by atoms with Gasteiger partial charge in [-0.2, -0.15) is 5.10 Å². The Kier molecular flexibility index (Phi) is 8.00. The quantitative estimate of drug-likeness (QED) is 0.618. The SMILES string of the molecule is CCCCCCCCCCCc1cc(C(=O)O)nn1C. The molecule has 0 atom stereocenters. The van der Waals surface area contributed by atoms with E-state index in [1.807, 2.05) is 7.05 Å². The highest BCUT2D eigenvalue weighted by Crippen LogP contribution is 2.12. The lowest BCUT2D eigenvalue weighted by Crippen LogP contribution is -2.00. The lowest BCUT2D eigenvalue weighted by atomic mass is 10.1. The average molecular weight is 280 g/mol. The van der Waals surface area contributed by atoms with Gasteiger partial charge >= 0.3 is 5.97 Å². The summed E-state index contributed by atoms with van der Waals surface area (Å²) in [6, 6.07) is 1.69. The zero-order valence-corrected chi connectivity index (χ0v) is 12.9. The largest absolute Gasteiger partial charge is 0.476 e. The first-order valence-electron chi connectivity index (χ1n) is 7.91. The molecule has 0 unspecified atom stereocenters. The van der Waals surface area contributed by atoms with Crippen molar-refractivity contribution in [1.82, 2.24) is 9.78 Å². The molecule has 1 N–H and O–H groups in total. The van der Waals surface area contributed by atoms with Gasteiger partial charge in [0.15, 0.2) is 5.69 Å². The molecule has 4 heteroatoms. The fourth-order valence-corrected chi connectivity index (χ4v) is 2.46. The number of hydrogen-bond donors (Lipinski definition) is 1. The van der Waals surface area contributed by atoms with Gasteiger partial charge in [0.05, 0.1) is 0 Å². The van der Waals surface area contributed by atoms with Gasteiger partial charge in [-0.05, 0) is 18.9 Å². The van der Waals surface area contributed by atoms with Crippen molar-refractivity contribution in [2.45, 2.75) is 71.1 Å². The lowest BCUT2D eigenvalue weighted by molar-refractivity contribution is 0.0689. The molecule has 1 aromatic rings. The molecule has 0 aliphatic heterocycles. The zero-order valence-electron chi connectivity index (χ0n) is 12.9. The van der Waals surface area contributed by atoms with E-state index in [0.29, 0.717) is 0 Å². The Bertz CT molecular complexity index is 399. The summed E-state index contributed by atoms with van der Waals surface area (Å²) in [4.78, 5) is 10.8. The number of aromatic nitrogens is 2. The van der Waals surface area contributed by atoms with Crippen LogP contribution >= 0.6 is 0 Å². The van der Waals surface area contributed by atoms with E-state index in [-0.39, 0.29) is 5.69 Å². The van der Waals surface area contributed by atoms with E-state index in [9.17, 15) is 4.79 Å². The second kappa shape index (κ2) is 9.56. The number of aromatic carboxylic acids is 1. The van der Waals surface area contributed by atoms with Crippen LogP contribution < -0.4 is 0 Å². The molecular formula is C16H28N2O2. The Balaban J connectivity index is 2.08. The van der Waals surface area contributed by atoms with Gasteiger partial charge in [0.1, 0.15) is 0 Å². The van der Waals surface area contributed by atoms with Crippen LogP contribution in [0, 0.1) is 0 Å². The molecule has 0 aliphatic rings. The third kappa shape index (κ3) is 6.22. The van der Waals surface area contributed by atoms with E-state index < -0.39 is 5.97 Å². The summed E-state index contributed by atoms with van der Waals surface area (Å²) in [6.45, 7) is 2.24. The van der Waals surface area contributed by atoms with E-state index in [1.54, 1.807) is 10.7 Å². The molecule has 0 saturated heterocycles. The summed E-state index contributed by atoms with van der Waals surface area (Å²) in [5, 5.41) is 12.9. The first kappa shape index (κ1) is 16.7. The highest BCUT2D eigenvalue weighted by atomic mass is 16.4. The Hall–Kier alpha value is -1.32. The first-order valence-corrected chi connectivity index (χ1v) is 7.91. The monoisotopic (exact) mass is 280 g/mol. The fourth-order valence-electron chi connectivity index (χ4n) is 2.46. The number of aryl methyl sites for hydroxylation is 2. The van der Waals surface area contributed by atoms with Crippen LogP contribution in [0.1, 0.15) is 80.9 Å². The molecule has 4 nitrogen and oxygen atoms in total. The van der Waals surface area contributed by atoms with Crippen LogP contribution in [0.5, 0.6) is 0 Å². The summed E-state index contributed by atoms with van der Waals surface area (Å²) in [7, 11) is 1.81. The van der Waals surface area contributed by atoms with Gasteiger partial charge in [-0.15, -0.1) is 0 Å². The van der Waals surface area contributed by atoms with Crippen LogP contribution in [-0.4, -0.2) is 20.9 Å². The van der Waals surface area contributed by atoms with Crippen LogP contribution in [0.4, 0.5) is 0 Å². The predicted octanol–water partition coefficient (Wildman–Crippen LogP) is 4.19. The van der Waals surface area contributed by atoms with Gasteiger partial charge in [-0.3, -0.25) is 4.68 Å². The van der Waals surface area contributed by atoms with Crippen LogP contribution in [0.15, 0.2) is 6.07 Å². The van der Waals surface area contributed by atoms with Crippen molar-refractivity contribution in [3.63, 3.8) is 0 Å². The molecule has 20 heavy (non-hydrogen) atoms. The zero-order chi connectivity index (χ0) is 14.8. The molecule has 0 aliphatic carbocycles. The van der Waals surface area contributed by atoms with E-state index in [0.717, 1.165) is 18.5 Å². The second-order valence-electron chi connectivity index (χ2n) is 5.53. The second-order valence-corrected chi connectivity index (χ2v) is 5.53. The standard InChI is InChI=1S/C16H28N2O2/c1-3-4-5-6-7-8-9-10-11-12-14-13-15(16(19)20)17-18(14)2/h13H,3-12H2,1-2H3,(H,19,20). The van der Waals surface area contributed by atoms with Crippen LogP contribution in [0.2, 0.25) is 0 Å². The third-order valence-corrected chi connectivity index (χ3v) is 3.73. The van der Waals surface area contributed by atoms with E-state index >= 15 is 0 Å². The number of hydrogen-bond acceptors (Lipinski definition) is 2. The van der Waals surface area contributed by atoms with E-state index in [1.165, 1.54) is 51.4 Å². The Morgan fingerprint density at radius 2 is 1.65 bits per heavy atom. The number of carboxylic acids is 1. The Morgan fingerprint density at radius 1 is 1.10 bits per heavy atom. The molecule has 0 amide bonds. The van der Waals surface area contributed by atoms with Crippen molar-refractivity contribution >= 4 is 5.97 Å². The van der Waals surface area contributed by atoms with Crippen molar-refractivity contribution in [2.24, 2.45) is 7.05 Å². The summed E-state index contributed by atoms with van der Waals surface area (Å²) in [5.74, 6) is -0.945. The lowest BCUT2D eigenvalue weighted by Gasteiger charge is -2.03. The summed E-state index contributed by atoms with van der Waals surface area (Å²) in [6.07, 6.45) is 12.7. The number of carbonyl (C=O) groups is 1. The predicted molar refractivity (Wildman–Crippen MR) is 81.1 cm³/mol. The van der Waals surface area contributed by atoms with Gasteiger partial charge in [0.25, 0.3) is 0 Å². The molecule has 0 aromatic carbocycles. The summed E-state index contributed by atoms with van der Waals surface area (Å²) >= 11 is 0. The van der Waals surface area contributed by atoms with Gasteiger partial charge < -0.3 is 5.11 Å². The Morgan fingerprint density at radius 3 is 2.15 bits per heavy atom. The van der Waals surface area contributed by atoms with Gasteiger partial charge in [0.2, 0.25) is 0 Å². The van der Waals surface area contributed by atoms with Gasteiger partial charge in [0, 0.05) is 12.7 Å². The van der Waals surface area contributed by atoms with Gasteiger partial charge in [-0.1, -0.05) is 58.3 Å². The third-order valence-electron chi connectivity index (χ3n) is 3.73. The molecule has 0 bridgehead atoms. The number of unbranched alkanes of at least 4 members (excludes halogenated alkanes) is 8. The minimum atomic E-state index is -0.945. The van der Waals surface area contributed by atoms with Crippen molar-refractivity contribution in [2.75, 3.05) is 0 Å². The molecular weight excluding hydrogens is 252 g/mol. The number of rotatable bonds is 11. The molecule has 0 saturated carbocycles. The highest BCUT2D eigenvalue weighted by molar-refractivity contribution is 5.85. The Labute approximate surface area is 122 Å². The smallest absolute Gasteiger partial charge is 0.356 e. The van der Waals surface area contributed by atoms with Crippen molar-refractivity contribution in [1.29, 1.82) is 0 Å². The van der Waals surface area contributed by atoms with Crippen LogP contribution in [-0.2, 0) is 13.5 Å². The molecule has 1 aromatic heterocycles. The highest BCUT2D eigenvalue weighted by Gasteiger charge is 2.10.